The van der Waals surface area contributed by atoms with Gasteiger partial charge in [-0.3, -0.25) is 0 Å². The zero-order chi connectivity index (χ0) is 10.0. The van der Waals surface area contributed by atoms with Crippen molar-refractivity contribution in [2.24, 2.45) is 0 Å². The molecule has 0 N–H and O–H groups in total. The molecule has 1 aromatic heterocycles. The van der Waals surface area contributed by atoms with Crippen LogP contribution in [0, 0.1) is 3.70 Å². The third-order valence-corrected chi connectivity index (χ3v) is 3.27. The van der Waals surface area contributed by atoms with Crippen LogP contribution in [0.2, 0.25) is 0 Å². The minimum Gasteiger partial charge on any atom is -0.234 e. The maximum atomic E-state index is 12.4. The van der Waals surface area contributed by atoms with E-state index in [1.165, 1.54) is 6.07 Å². The Kier molecular flexibility index (Phi) is 4.31. The van der Waals surface area contributed by atoms with Gasteiger partial charge in [0, 0.05) is 5.88 Å². The van der Waals surface area contributed by atoms with Crippen LogP contribution in [0.4, 0.5) is 8.78 Å². The van der Waals surface area contributed by atoms with E-state index in [4.69, 9.17) is 11.6 Å². The molecule has 0 saturated carbocycles. The first kappa shape index (κ1) is 11.6. The minimum atomic E-state index is -2.53. The molecule has 6 heteroatoms. The lowest BCUT2D eigenvalue weighted by Gasteiger charge is -2.06. The van der Waals surface area contributed by atoms with E-state index in [9.17, 15) is 8.78 Å². The molecule has 0 aromatic carbocycles. The van der Waals surface area contributed by atoms with E-state index in [0.717, 1.165) is 0 Å². The van der Waals surface area contributed by atoms with Gasteiger partial charge >= 0.3 is 0 Å². The summed E-state index contributed by atoms with van der Waals surface area (Å²) in [5, 5.41) is 0. The highest BCUT2D eigenvalue weighted by atomic mass is 127. The van der Waals surface area contributed by atoms with E-state index < -0.39 is 6.43 Å². The Morgan fingerprint density at radius 1 is 1.62 bits per heavy atom. The first-order chi connectivity index (χ1) is 6.06. The Hall–Kier alpha value is 0.510. The van der Waals surface area contributed by atoms with Crippen molar-refractivity contribution < 1.29 is 8.78 Å². The van der Waals surface area contributed by atoms with Crippen molar-refractivity contribution in [3.63, 3.8) is 0 Å². The average Bonchev–Trinajstić information content (AvgIpc) is 2.03. The van der Waals surface area contributed by atoms with Gasteiger partial charge in [0.25, 0.3) is 6.43 Å². The quantitative estimate of drug-likeness (QED) is 0.426. The van der Waals surface area contributed by atoms with Crippen LogP contribution in [-0.2, 0) is 5.88 Å². The molecule has 0 spiro atoms. The van der Waals surface area contributed by atoms with Crippen molar-refractivity contribution >= 4 is 50.1 Å². The molecule has 0 aliphatic rings. The smallest absolute Gasteiger partial charge is 0.234 e. The molecule has 1 rings (SSSR count). The Balaban J connectivity index is 3.22. The van der Waals surface area contributed by atoms with Crippen LogP contribution < -0.4 is 0 Å². The second kappa shape index (κ2) is 4.84. The number of hydrogen-bond acceptors (Lipinski definition) is 1. The maximum Gasteiger partial charge on any atom is 0.266 e. The van der Waals surface area contributed by atoms with Gasteiger partial charge in [0.2, 0.25) is 0 Å². The number of aromatic nitrogens is 1. The van der Waals surface area contributed by atoms with E-state index in [2.05, 4.69) is 20.9 Å². The Bertz CT molecular complexity index is 322. The molecule has 0 fully saturated rings. The van der Waals surface area contributed by atoms with Gasteiger partial charge in [-0.25, -0.2) is 13.8 Å². The molecule has 0 amide bonds. The summed E-state index contributed by atoms with van der Waals surface area (Å²) in [5.74, 6) is 0.193. The normalized spacial score (nSPS) is 10.9. The monoisotopic (exact) mass is 381 g/mol. The van der Waals surface area contributed by atoms with Crippen LogP contribution in [0.15, 0.2) is 10.7 Å². The molecule has 1 nitrogen and oxygen atoms in total. The van der Waals surface area contributed by atoms with E-state index >= 15 is 0 Å². The molecular formula is C7H4BrClF2IN. The summed E-state index contributed by atoms with van der Waals surface area (Å²) >= 11 is 10.5. The lowest BCUT2D eigenvalue weighted by molar-refractivity contribution is 0.150. The lowest BCUT2D eigenvalue weighted by Crippen LogP contribution is -1.96. The van der Waals surface area contributed by atoms with Gasteiger partial charge < -0.3 is 0 Å². The summed E-state index contributed by atoms with van der Waals surface area (Å²) in [6.45, 7) is 0. The van der Waals surface area contributed by atoms with Crippen molar-refractivity contribution in [1.29, 1.82) is 0 Å². The van der Waals surface area contributed by atoms with Gasteiger partial charge in [-0.1, -0.05) is 0 Å². The topological polar surface area (TPSA) is 12.9 Å². The minimum absolute atomic E-state index is 0.115. The number of nitrogens with zero attached hydrogens (tertiary/aromatic N) is 1. The van der Waals surface area contributed by atoms with Gasteiger partial charge in [0.1, 0.15) is 8.30 Å². The van der Waals surface area contributed by atoms with Gasteiger partial charge in [-0.05, 0) is 50.2 Å². The fraction of sp³-hybridized carbons (Fsp3) is 0.286. The molecule has 1 heterocycles. The predicted octanol–water partition coefficient (Wildman–Crippen LogP) is 4.13. The predicted molar refractivity (Wildman–Crippen MR) is 59.2 cm³/mol. The Morgan fingerprint density at radius 2 is 2.23 bits per heavy atom. The van der Waals surface area contributed by atoms with Crippen LogP contribution in [0.1, 0.15) is 17.6 Å². The van der Waals surface area contributed by atoms with Crippen molar-refractivity contribution in [3.8, 4) is 0 Å². The Labute approximate surface area is 101 Å². The molecule has 13 heavy (non-hydrogen) atoms. The van der Waals surface area contributed by atoms with Crippen molar-refractivity contribution in [2.45, 2.75) is 12.3 Å². The zero-order valence-corrected chi connectivity index (χ0v) is 10.7. The fourth-order valence-electron chi connectivity index (χ4n) is 0.776. The maximum absolute atomic E-state index is 12.4. The third kappa shape index (κ3) is 2.73. The second-order valence-electron chi connectivity index (χ2n) is 2.25. The summed E-state index contributed by atoms with van der Waals surface area (Å²) in [4.78, 5) is 3.90. The van der Waals surface area contributed by atoms with E-state index in [1.54, 1.807) is 0 Å². The van der Waals surface area contributed by atoms with E-state index in [0.29, 0.717) is 9.26 Å². The summed E-state index contributed by atoms with van der Waals surface area (Å²) in [5.41, 5.74) is 0.511. The first-order valence-corrected chi connectivity index (χ1v) is 5.65. The number of alkyl halides is 3. The summed E-state index contributed by atoms with van der Waals surface area (Å²) in [7, 11) is 0. The van der Waals surface area contributed by atoms with Gasteiger partial charge in [-0.15, -0.1) is 11.6 Å². The second-order valence-corrected chi connectivity index (χ2v) is 4.29. The van der Waals surface area contributed by atoms with Crippen molar-refractivity contribution in [3.05, 3.63) is 25.5 Å². The highest BCUT2D eigenvalue weighted by Crippen LogP contribution is 2.28. The highest BCUT2D eigenvalue weighted by molar-refractivity contribution is 14.1. The molecule has 0 aliphatic heterocycles. The van der Waals surface area contributed by atoms with Crippen molar-refractivity contribution in [1.82, 2.24) is 4.98 Å². The molecule has 0 aliphatic carbocycles. The molecule has 0 radical (unpaired) electrons. The van der Waals surface area contributed by atoms with Crippen molar-refractivity contribution in [2.75, 3.05) is 0 Å². The Morgan fingerprint density at radius 3 is 2.69 bits per heavy atom. The SMILES string of the molecule is FC(F)c1cc(CCl)c(I)nc1Br. The van der Waals surface area contributed by atoms with Gasteiger partial charge in [0.05, 0.1) is 5.56 Å². The molecule has 0 atom stereocenters. The molecular weight excluding hydrogens is 378 g/mol. The van der Waals surface area contributed by atoms with E-state index in [1.807, 2.05) is 22.6 Å². The largest absolute Gasteiger partial charge is 0.266 e. The molecule has 0 bridgehead atoms. The van der Waals surface area contributed by atoms with Crippen LogP contribution >= 0.6 is 50.1 Å². The molecule has 72 valence electrons. The number of halogens is 5. The molecule has 0 saturated heterocycles. The third-order valence-electron chi connectivity index (χ3n) is 1.41. The van der Waals surface area contributed by atoms with E-state index in [-0.39, 0.29) is 16.0 Å². The summed E-state index contributed by atoms with van der Waals surface area (Å²) in [6, 6.07) is 1.37. The standard InChI is InChI=1S/C7H4BrClF2IN/c8-5-4(6(10)11)1-3(2-9)7(12)13-5/h1,6H,2H2. The first-order valence-electron chi connectivity index (χ1n) is 3.25. The average molecular weight is 382 g/mol. The van der Waals surface area contributed by atoms with Crippen LogP contribution in [-0.4, -0.2) is 4.98 Å². The highest BCUT2D eigenvalue weighted by Gasteiger charge is 2.15. The fourth-order valence-corrected chi connectivity index (χ4v) is 2.59. The number of hydrogen-bond donors (Lipinski definition) is 0. The lowest BCUT2D eigenvalue weighted by atomic mass is 10.2. The molecule has 1 aromatic rings. The summed E-state index contributed by atoms with van der Waals surface area (Å²) < 4.78 is 25.5. The molecule has 0 unspecified atom stereocenters. The number of rotatable bonds is 2. The van der Waals surface area contributed by atoms with Gasteiger partial charge in [-0.2, -0.15) is 0 Å². The van der Waals surface area contributed by atoms with Crippen LogP contribution in [0.25, 0.3) is 0 Å². The zero-order valence-electron chi connectivity index (χ0n) is 6.20. The summed E-state index contributed by atoms with van der Waals surface area (Å²) in [6.07, 6.45) is -2.53. The van der Waals surface area contributed by atoms with Gasteiger partial charge in [0.15, 0.2) is 0 Å². The van der Waals surface area contributed by atoms with Crippen LogP contribution in [0.5, 0.6) is 0 Å². The van der Waals surface area contributed by atoms with Crippen LogP contribution in [0.3, 0.4) is 0 Å². The number of pyridine rings is 1.